The number of benzene rings is 1. The molecule has 1 aliphatic heterocycles. The maximum Gasteiger partial charge on any atom is 0.573 e. The first-order valence-electron chi connectivity index (χ1n) is 7.81. The van der Waals surface area contributed by atoms with Crippen molar-refractivity contribution in [1.29, 1.82) is 0 Å². The van der Waals surface area contributed by atoms with Crippen LogP contribution in [0.15, 0.2) is 29.2 Å². The van der Waals surface area contributed by atoms with Crippen molar-refractivity contribution >= 4 is 15.9 Å². The summed E-state index contributed by atoms with van der Waals surface area (Å²) in [6.45, 7) is 0.782. The van der Waals surface area contributed by atoms with E-state index in [2.05, 4.69) is 9.46 Å². The number of alkyl halides is 3. The first kappa shape index (κ1) is 19.5. The van der Waals surface area contributed by atoms with Crippen LogP contribution in [0.1, 0.15) is 25.7 Å². The lowest BCUT2D eigenvalue weighted by Crippen LogP contribution is -2.38. The number of sulfonamides is 1. The summed E-state index contributed by atoms with van der Waals surface area (Å²) in [7, 11) is -4.00. The van der Waals surface area contributed by atoms with E-state index in [0.717, 1.165) is 37.5 Å². The normalized spacial score (nSPS) is 16.6. The zero-order valence-electron chi connectivity index (χ0n) is 13.4. The molecule has 25 heavy (non-hydrogen) atoms. The third kappa shape index (κ3) is 6.20. The second-order valence-electron chi connectivity index (χ2n) is 5.61. The number of nitrogens with zero attached hydrogens (tertiary/aromatic N) is 1. The third-order valence-electron chi connectivity index (χ3n) is 3.69. The van der Waals surface area contributed by atoms with E-state index in [0.29, 0.717) is 13.0 Å². The van der Waals surface area contributed by atoms with E-state index in [-0.39, 0.29) is 23.9 Å². The van der Waals surface area contributed by atoms with Crippen molar-refractivity contribution in [3.63, 3.8) is 0 Å². The Morgan fingerprint density at radius 1 is 1.20 bits per heavy atom. The van der Waals surface area contributed by atoms with Crippen LogP contribution in [0.2, 0.25) is 0 Å². The molecule has 1 saturated heterocycles. The Labute approximate surface area is 144 Å². The highest BCUT2D eigenvalue weighted by Gasteiger charge is 2.31. The number of carbonyl (C=O) groups is 1. The van der Waals surface area contributed by atoms with Crippen LogP contribution in [0.3, 0.4) is 0 Å². The average molecular weight is 380 g/mol. The van der Waals surface area contributed by atoms with Crippen LogP contribution < -0.4 is 9.46 Å². The monoisotopic (exact) mass is 380 g/mol. The van der Waals surface area contributed by atoms with E-state index in [1.807, 2.05) is 0 Å². The Balaban J connectivity index is 1.97. The number of likely N-dealkylation sites (tertiary alicyclic amines) is 1. The molecule has 1 heterocycles. The van der Waals surface area contributed by atoms with E-state index >= 15 is 0 Å². The first-order chi connectivity index (χ1) is 11.7. The molecule has 1 fully saturated rings. The molecule has 1 aromatic rings. The molecule has 10 heteroatoms. The zero-order valence-corrected chi connectivity index (χ0v) is 14.2. The molecule has 0 unspecified atom stereocenters. The largest absolute Gasteiger partial charge is 0.573 e. The molecule has 0 aromatic heterocycles. The Hall–Kier alpha value is -1.81. The van der Waals surface area contributed by atoms with Gasteiger partial charge in [-0.3, -0.25) is 4.79 Å². The molecule has 1 N–H and O–H groups in total. The summed E-state index contributed by atoms with van der Waals surface area (Å²) < 4.78 is 67.1. The summed E-state index contributed by atoms with van der Waals surface area (Å²) in [4.78, 5) is 13.1. The molecule has 0 spiro atoms. The van der Waals surface area contributed by atoms with Crippen molar-refractivity contribution in [2.24, 2.45) is 0 Å². The molecule has 140 valence electrons. The SMILES string of the molecule is O=C1CCCCCN1CCNS(=O)(=O)c1cccc(OC(F)(F)F)c1. The number of rotatable bonds is 6. The molecule has 0 saturated carbocycles. The van der Waals surface area contributed by atoms with Crippen LogP contribution in [0.25, 0.3) is 0 Å². The molecule has 0 aliphatic carbocycles. The minimum absolute atomic E-state index is 0.0154. The van der Waals surface area contributed by atoms with E-state index < -0.39 is 22.1 Å². The maximum atomic E-state index is 12.2. The zero-order chi connectivity index (χ0) is 18.5. The Kier molecular flexibility index (Phi) is 6.28. The third-order valence-corrected chi connectivity index (χ3v) is 5.15. The lowest BCUT2D eigenvalue weighted by Gasteiger charge is -2.20. The standard InChI is InChI=1S/C15H19F3N2O4S/c16-15(17,18)24-12-5-4-6-13(11-12)25(22,23)19-8-10-20-9-3-1-2-7-14(20)21/h4-6,11,19H,1-3,7-10H2. The summed E-state index contributed by atoms with van der Waals surface area (Å²) in [6.07, 6.45) is -1.80. The fraction of sp³-hybridized carbons (Fsp3) is 0.533. The number of nitrogens with one attached hydrogen (secondary N) is 1. The van der Waals surface area contributed by atoms with Gasteiger partial charge in [0.2, 0.25) is 15.9 Å². The van der Waals surface area contributed by atoms with Gasteiger partial charge >= 0.3 is 6.36 Å². The topological polar surface area (TPSA) is 75.7 Å². The predicted octanol–water partition coefficient (Wildman–Crippen LogP) is 2.27. The minimum Gasteiger partial charge on any atom is -0.406 e. The van der Waals surface area contributed by atoms with Crippen LogP contribution in [0.4, 0.5) is 13.2 Å². The molecule has 6 nitrogen and oxygen atoms in total. The lowest BCUT2D eigenvalue weighted by atomic mass is 10.2. The van der Waals surface area contributed by atoms with Crippen molar-refractivity contribution in [2.75, 3.05) is 19.6 Å². The van der Waals surface area contributed by atoms with Gasteiger partial charge < -0.3 is 9.64 Å². The molecule has 0 bridgehead atoms. The summed E-state index contributed by atoms with van der Waals surface area (Å²) in [5, 5.41) is 0. The van der Waals surface area contributed by atoms with Crippen molar-refractivity contribution in [1.82, 2.24) is 9.62 Å². The quantitative estimate of drug-likeness (QED) is 0.822. The molecule has 2 rings (SSSR count). The number of hydrogen-bond donors (Lipinski definition) is 1. The van der Waals surface area contributed by atoms with Gasteiger partial charge in [-0.25, -0.2) is 13.1 Å². The van der Waals surface area contributed by atoms with Crippen LogP contribution in [-0.4, -0.2) is 45.2 Å². The number of ether oxygens (including phenoxy) is 1. The van der Waals surface area contributed by atoms with Gasteiger partial charge in [-0.05, 0) is 25.0 Å². The second kappa shape index (κ2) is 8.05. The van der Waals surface area contributed by atoms with Gasteiger partial charge in [-0.15, -0.1) is 13.2 Å². The highest BCUT2D eigenvalue weighted by atomic mass is 32.2. The van der Waals surface area contributed by atoms with Gasteiger partial charge in [0, 0.05) is 32.1 Å². The van der Waals surface area contributed by atoms with E-state index in [1.54, 1.807) is 4.90 Å². The lowest BCUT2D eigenvalue weighted by molar-refractivity contribution is -0.274. The smallest absolute Gasteiger partial charge is 0.406 e. The van der Waals surface area contributed by atoms with Crippen molar-refractivity contribution in [3.05, 3.63) is 24.3 Å². The number of amides is 1. The summed E-state index contributed by atoms with van der Waals surface area (Å²) >= 11 is 0. The van der Waals surface area contributed by atoms with Gasteiger partial charge in [-0.1, -0.05) is 12.5 Å². The highest BCUT2D eigenvalue weighted by Crippen LogP contribution is 2.24. The molecule has 1 aliphatic rings. The maximum absolute atomic E-state index is 12.2. The van der Waals surface area contributed by atoms with Gasteiger partial charge in [-0.2, -0.15) is 0 Å². The van der Waals surface area contributed by atoms with Crippen molar-refractivity contribution in [2.45, 2.75) is 36.9 Å². The van der Waals surface area contributed by atoms with E-state index in [9.17, 15) is 26.4 Å². The van der Waals surface area contributed by atoms with Crippen LogP contribution in [0, 0.1) is 0 Å². The summed E-state index contributed by atoms with van der Waals surface area (Å²) in [5.41, 5.74) is 0. The average Bonchev–Trinajstić information content (AvgIpc) is 2.71. The Bertz CT molecular complexity index is 707. The molecule has 1 amide bonds. The number of hydrogen-bond acceptors (Lipinski definition) is 4. The summed E-state index contributed by atoms with van der Waals surface area (Å²) in [6, 6.07) is 4.14. The fourth-order valence-electron chi connectivity index (χ4n) is 2.51. The van der Waals surface area contributed by atoms with Crippen molar-refractivity contribution in [3.8, 4) is 5.75 Å². The van der Waals surface area contributed by atoms with Gasteiger partial charge in [0.05, 0.1) is 4.90 Å². The molecule has 1 aromatic carbocycles. The fourth-order valence-corrected chi connectivity index (χ4v) is 3.57. The Morgan fingerprint density at radius 2 is 1.96 bits per heavy atom. The van der Waals surface area contributed by atoms with E-state index in [1.165, 1.54) is 6.07 Å². The second-order valence-corrected chi connectivity index (χ2v) is 7.38. The number of halogens is 3. The molecule has 0 atom stereocenters. The van der Waals surface area contributed by atoms with Gasteiger partial charge in [0.15, 0.2) is 0 Å². The molecular formula is C15H19F3N2O4S. The minimum atomic E-state index is -4.90. The molecular weight excluding hydrogens is 361 g/mol. The van der Waals surface area contributed by atoms with Crippen molar-refractivity contribution < 1.29 is 31.1 Å². The Morgan fingerprint density at radius 3 is 2.68 bits per heavy atom. The van der Waals surface area contributed by atoms with Crippen LogP contribution >= 0.6 is 0 Å². The summed E-state index contributed by atoms with van der Waals surface area (Å²) in [5.74, 6) is -0.629. The predicted molar refractivity (Wildman–Crippen MR) is 83.4 cm³/mol. The van der Waals surface area contributed by atoms with Gasteiger partial charge in [0.25, 0.3) is 0 Å². The highest BCUT2D eigenvalue weighted by molar-refractivity contribution is 7.89. The van der Waals surface area contributed by atoms with Crippen LogP contribution in [0.5, 0.6) is 5.75 Å². The number of carbonyl (C=O) groups excluding carboxylic acids is 1. The molecule has 0 radical (unpaired) electrons. The van der Waals surface area contributed by atoms with E-state index in [4.69, 9.17) is 0 Å². The van der Waals surface area contributed by atoms with Crippen LogP contribution in [-0.2, 0) is 14.8 Å². The van der Waals surface area contributed by atoms with Gasteiger partial charge in [0.1, 0.15) is 5.75 Å². The first-order valence-corrected chi connectivity index (χ1v) is 9.29.